The SMILES string of the molecule is CC(Nc1ccc(C(=O)N(C)C)cn1)c1ccc(Cl)cc1. The van der Waals surface area contributed by atoms with E-state index in [4.69, 9.17) is 11.6 Å². The highest BCUT2D eigenvalue weighted by Crippen LogP contribution is 2.20. The van der Waals surface area contributed by atoms with E-state index in [-0.39, 0.29) is 11.9 Å². The van der Waals surface area contributed by atoms with E-state index in [9.17, 15) is 4.79 Å². The molecule has 1 unspecified atom stereocenters. The third-order valence-electron chi connectivity index (χ3n) is 3.15. The number of amides is 1. The highest BCUT2D eigenvalue weighted by molar-refractivity contribution is 6.30. The molecule has 1 N–H and O–H groups in total. The molecule has 1 aromatic carbocycles. The van der Waals surface area contributed by atoms with Crippen molar-refractivity contribution in [2.24, 2.45) is 0 Å². The molecule has 1 amide bonds. The van der Waals surface area contributed by atoms with Crippen LogP contribution in [0, 0.1) is 0 Å². The Morgan fingerprint density at radius 1 is 1.19 bits per heavy atom. The first-order chi connectivity index (χ1) is 9.97. The number of pyridine rings is 1. The predicted molar refractivity (Wildman–Crippen MR) is 85.7 cm³/mol. The fraction of sp³-hybridized carbons (Fsp3) is 0.250. The third-order valence-corrected chi connectivity index (χ3v) is 3.40. The Labute approximate surface area is 129 Å². The van der Waals surface area contributed by atoms with Crippen LogP contribution >= 0.6 is 11.6 Å². The highest BCUT2D eigenvalue weighted by atomic mass is 35.5. The topological polar surface area (TPSA) is 45.2 Å². The molecule has 2 rings (SSSR count). The lowest BCUT2D eigenvalue weighted by molar-refractivity contribution is 0.0827. The van der Waals surface area contributed by atoms with Gasteiger partial charge >= 0.3 is 0 Å². The number of hydrogen-bond acceptors (Lipinski definition) is 3. The quantitative estimate of drug-likeness (QED) is 0.938. The second-order valence-corrected chi connectivity index (χ2v) is 5.49. The molecule has 2 aromatic rings. The standard InChI is InChI=1S/C16H18ClN3O/c1-11(12-4-7-14(17)8-5-12)19-15-9-6-13(10-18-15)16(21)20(2)3/h4-11H,1-3H3,(H,18,19). The summed E-state index contributed by atoms with van der Waals surface area (Å²) in [4.78, 5) is 17.6. The Balaban J connectivity index is 2.06. The normalized spacial score (nSPS) is 11.8. The van der Waals surface area contributed by atoms with E-state index in [0.29, 0.717) is 5.56 Å². The summed E-state index contributed by atoms with van der Waals surface area (Å²) in [5.41, 5.74) is 1.69. The van der Waals surface area contributed by atoms with Crippen molar-refractivity contribution in [2.45, 2.75) is 13.0 Å². The minimum absolute atomic E-state index is 0.0557. The first kappa shape index (κ1) is 15.3. The number of anilines is 1. The molecule has 1 heterocycles. The van der Waals surface area contributed by atoms with Crippen molar-refractivity contribution in [2.75, 3.05) is 19.4 Å². The van der Waals surface area contributed by atoms with Gasteiger partial charge in [0.15, 0.2) is 0 Å². The number of nitrogens with zero attached hydrogens (tertiary/aromatic N) is 2. The average Bonchev–Trinajstić information content (AvgIpc) is 2.47. The fourth-order valence-corrected chi connectivity index (χ4v) is 2.05. The average molecular weight is 304 g/mol. The van der Waals surface area contributed by atoms with E-state index in [1.165, 1.54) is 4.90 Å². The largest absolute Gasteiger partial charge is 0.364 e. The third kappa shape index (κ3) is 3.95. The molecule has 0 aliphatic rings. The van der Waals surface area contributed by atoms with Crippen LogP contribution in [0.3, 0.4) is 0 Å². The van der Waals surface area contributed by atoms with Crippen LogP contribution in [0.25, 0.3) is 0 Å². The van der Waals surface area contributed by atoms with E-state index in [0.717, 1.165) is 16.4 Å². The Kier molecular flexibility index (Phi) is 4.81. The molecule has 0 spiro atoms. The van der Waals surface area contributed by atoms with Crippen LogP contribution in [0.5, 0.6) is 0 Å². The van der Waals surface area contributed by atoms with Gasteiger partial charge in [-0.25, -0.2) is 4.98 Å². The van der Waals surface area contributed by atoms with Crippen molar-refractivity contribution in [3.8, 4) is 0 Å². The number of hydrogen-bond donors (Lipinski definition) is 1. The molecular formula is C16H18ClN3O. The molecule has 5 heteroatoms. The van der Waals surface area contributed by atoms with Crippen LogP contribution in [0.2, 0.25) is 5.02 Å². The summed E-state index contributed by atoms with van der Waals surface area (Å²) in [5.74, 6) is 0.674. The summed E-state index contributed by atoms with van der Waals surface area (Å²) in [6.07, 6.45) is 1.58. The van der Waals surface area contributed by atoms with Crippen LogP contribution < -0.4 is 5.32 Å². The van der Waals surface area contributed by atoms with Gasteiger partial charge in [-0.3, -0.25) is 4.79 Å². The van der Waals surface area contributed by atoms with Crippen molar-refractivity contribution in [1.29, 1.82) is 0 Å². The summed E-state index contributed by atoms with van der Waals surface area (Å²) in [7, 11) is 3.44. The maximum absolute atomic E-state index is 11.8. The molecule has 110 valence electrons. The van der Waals surface area contributed by atoms with Crippen molar-refractivity contribution in [3.63, 3.8) is 0 Å². The van der Waals surface area contributed by atoms with Crippen LogP contribution in [0.1, 0.15) is 28.9 Å². The molecule has 1 aromatic heterocycles. The number of nitrogens with one attached hydrogen (secondary N) is 1. The van der Waals surface area contributed by atoms with Crippen molar-refractivity contribution >= 4 is 23.3 Å². The Bertz CT molecular complexity index is 608. The van der Waals surface area contributed by atoms with Gasteiger partial charge in [-0.1, -0.05) is 23.7 Å². The van der Waals surface area contributed by atoms with Gasteiger partial charge in [0, 0.05) is 31.4 Å². The van der Waals surface area contributed by atoms with E-state index in [1.807, 2.05) is 37.3 Å². The number of rotatable bonds is 4. The molecule has 0 bridgehead atoms. The molecule has 1 atom stereocenters. The zero-order chi connectivity index (χ0) is 15.4. The van der Waals surface area contributed by atoms with Gasteiger partial charge < -0.3 is 10.2 Å². The first-order valence-electron chi connectivity index (χ1n) is 6.67. The molecule has 0 radical (unpaired) electrons. The van der Waals surface area contributed by atoms with E-state index >= 15 is 0 Å². The summed E-state index contributed by atoms with van der Waals surface area (Å²) in [6.45, 7) is 2.05. The van der Waals surface area contributed by atoms with Crippen LogP contribution in [-0.2, 0) is 0 Å². The molecule has 0 aliphatic carbocycles. The summed E-state index contributed by atoms with van der Waals surface area (Å²) in [6, 6.07) is 11.4. The molecule has 4 nitrogen and oxygen atoms in total. The second-order valence-electron chi connectivity index (χ2n) is 5.05. The van der Waals surface area contributed by atoms with Gasteiger partial charge in [0.2, 0.25) is 0 Å². The molecular weight excluding hydrogens is 286 g/mol. The Morgan fingerprint density at radius 3 is 2.38 bits per heavy atom. The van der Waals surface area contributed by atoms with Crippen LogP contribution in [0.15, 0.2) is 42.6 Å². The molecule has 0 saturated carbocycles. The van der Waals surface area contributed by atoms with Gasteiger partial charge in [-0.2, -0.15) is 0 Å². The Morgan fingerprint density at radius 2 is 1.86 bits per heavy atom. The lowest BCUT2D eigenvalue weighted by Crippen LogP contribution is -2.21. The Hall–Kier alpha value is -2.07. The van der Waals surface area contributed by atoms with Crippen molar-refractivity contribution < 1.29 is 4.79 Å². The molecule has 0 aliphatic heterocycles. The summed E-state index contributed by atoms with van der Waals surface area (Å²) >= 11 is 5.88. The summed E-state index contributed by atoms with van der Waals surface area (Å²) < 4.78 is 0. The van der Waals surface area contributed by atoms with Gasteiger partial charge in [0.05, 0.1) is 5.56 Å². The maximum atomic E-state index is 11.8. The minimum Gasteiger partial charge on any atom is -0.364 e. The van der Waals surface area contributed by atoms with Gasteiger partial charge in [0.25, 0.3) is 5.91 Å². The maximum Gasteiger partial charge on any atom is 0.254 e. The number of carbonyl (C=O) groups is 1. The smallest absolute Gasteiger partial charge is 0.254 e. The van der Waals surface area contributed by atoms with Crippen molar-refractivity contribution in [1.82, 2.24) is 9.88 Å². The van der Waals surface area contributed by atoms with Crippen LogP contribution in [0.4, 0.5) is 5.82 Å². The zero-order valence-corrected chi connectivity index (χ0v) is 13.1. The highest BCUT2D eigenvalue weighted by Gasteiger charge is 2.09. The molecule has 0 fully saturated rings. The monoisotopic (exact) mass is 303 g/mol. The number of halogens is 1. The molecule has 0 saturated heterocycles. The van der Waals surface area contributed by atoms with E-state index in [1.54, 1.807) is 26.4 Å². The van der Waals surface area contributed by atoms with Gasteiger partial charge in [0.1, 0.15) is 5.82 Å². The summed E-state index contributed by atoms with van der Waals surface area (Å²) in [5, 5.41) is 4.01. The number of aromatic nitrogens is 1. The fourth-order valence-electron chi connectivity index (χ4n) is 1.92. The number of carbonyl (C=O) groups excluding carboxylic acids is 1. The molecule has 21 heavy (non-hydrogen) atoms. The van der Waals surface area contributed by atoms with E-state index < -0.39 is 0 Å². The zero-order valence-electron chi connectivity index (χ0n) is 12.3. The van der Waals surface area contributed by atoms with E-state index in [2.05, 4.69) is 10.3 Å². The van der Waals surface area contributed by atoms with Crippen molar-refractivity contribution in [3.05, 3.63) is 58.7 Å². The first-order valence-corrected chi connectivity index (χ1v) is 7.05. The lowest BCUT2D eigenvalue weighted by atomic mass is 10.1. The minimum atomic E-state index is -0.0557. The number of benzene rings is 1. The van der Waals surface area contributed by atoms with Crippen LogP contribution in [-0.4, -0.2) is 29.9 Å². The lowest BCUT2D eigenvalue weighted by Gasteiger charge is -2.15. The second kappa shape index (κ2) is 6.59. The van der Waals surface area contributed by atoms with Gasteiger partial charge in [-0.05, 0) is 36.8 Å². The van der Waals surface area contributed by atoms with Gasteiger partial charge in [-0.15, -0.1) is 0 Å². The predicted octanol–water partition coefficient (Wildman–Crippen LogP) is 3.61.